The van der Waals surface area contributed by atoms with Gasteiger partial charge in [-0.3, -0.25) is 0 Å². The third kappa shape index (κ3) is 4.07. The van der Waals surface area contributed by atoms with Gasteiger partial charge in [0.25, 0.3) is 0 Å². The van der Waals surface area contributed by atoms with Crippen molar-refractivity contribution in [3.63, 3.8) is 0 Å². The molecule has 1 unspecified atom stereocenters. The van der Waals surface area contributed by atoms with Crippen molar-refractivity contribution < 1.29 is 4.52 Å². The number of thioether (sulfide) groups is 1. The van der Waals surface area contributed by atoms with E-state index in [0.29, 0.717) is 11.0 Å². The van der Waals surface area contributed by atoms with Gasteiger partial charge in [0, 0.05) is 6.42 Å². The van der Waals surface area contributed by atoms with Crippen molar-refractivity contribution >= 4 is 11.8 Å². The van der Waals surface area contributed by atoms with Crippen molar-refractivity contribution in [1.82, 2.24) is 30.3 Å². The Morgan fingerprint density at radius 2 is 2.12 bits per heavy atom. The summed E-state index contributed by atoms with van der Waals surface area (Å²) in [4.78, 5) is 4.48. The molecule has 0 amide bonds. The second-order valence-corrected chi connectivity index (χ2v) is 7.38. The molecule has 3 rings (SSSR count). The molecule has 1 atom stereocenters. The molecular weight excluding hydrogens is 336 g/mol. The molecule has 132 valence electrons. The van der Waals surface area contributed by atoms with Crippen molar-refractivity contribution in [2.45, 2.75) is 57.4 Å². The Labute approximate surface area is 151 Å². The minimum absolute atomic E-state index is 0.0293. The van der Waals surface area contributed by atoms with Crippen LogP contribution in [0.3, 0.4) is 0 Å². The second kappa shape index (κ2) is 7.77. The molecule has 1 aromatic carbocycles. The molecule has 0 saturated carbocycles. The number of hydrogen-bond donors (Lipinski definition) is 0. The lowest BCUT2D eigenvalue weighted by atomic mass is 10.1. The van der Waals surface area contributed by atoms with Crippen LogP contribution in [0.15, 0.2) is 27.9 Å². The summed E-state index contributed by atoms with van der Waals surface area (Å²) in [6, 6.07) is 6.21. The van der Waals surface area contributed by atoms with E-state index >= 15 is 0 Å². The third-order valence-electron chi connectivity index (χ3n) is 3.89. The monoisotopic (exact) mass is 358 g/mol. The van der Waals surface area contributed by atoms with Crippen LogP contribution in [0.1, 0.15) is 54.8 Å². The van der Waals surface area contributed by atoms with Gasteiger partial charge in [-0.25, -0.2) is 0 Å². The molecule has 0 spiro atoms. The Hall–Kier alpha value is -2.22. The first-order chi connectivity index (χ1) is 12.1. The number of aryl methyl sites for hydroxylation is 3. The molecule has 0 bridgehead atoms. The van der Waals surface area contributed by atoms with E-state index in [1.165, 1.54) is 17.3 Å². The quantitative estimate of drug-likeness (QED) is 0.593. The first kappa shape index (κ1) is 17.6. The summed E-state index contributed by atoms with van der Waals surface area (Å²) in [5, 5.41) is 16.8. The molecule has 2 aromatic heterocycles. The molecule has 2 heterocycles. The highest BCUT2D eigenvalue weighted by molar-refractivity contribution is 7.99. The maximum atomic E-state index is 5.40. The molecule has 0 saturated heterocycles. The van der Waals surface area contributed by atoms with Gasteiger partial charge in [0.2, 0.25) is 11.0 Å². The highest BCUT2D eigenvalue weighted by atomic mass is 32.2. The zero-order valence-electron chi connectivity index (χ0n) is 14.9. The van der Waals surface area contributed by atoms with E-state index in [2.05, 4.69) is 58.6 Å². The first-order valence-corrected chi connectivity index (χ1v) is 9.31. The first-order valence-electron chi connectivity index (χ1n) is 8.43. The van der Waals surface area contributed by atoms with Crippen molar-refractivity contribution in [3.8, 4) is 5.69 Å². The van der Waals surface area contributed by atoms with Gasteiger partial charge in [0.1, 0.15) is 0 Å². The molecule has 7 nitrogen and oxygen atoms in total. The number of hydrogen-bond acceptors (Lipinski definition) is 7. The van der Waals surface area contributed by atoms with Crippen molar-refractivity contribution in [2.24, 2.45) is 0 Å². The minimum atomic E-state index is -0.0293. The average molecular weight is 358 g/mol. The smallest absolute Gasteiger partial charge is 0.239 e. The van der Waals surface area contributed by atoms with E-state index in [9.17, 15) is 0 Å². The van der Waals surface area contributed by atoms with Gasteiger partial charge in [-0.05, 0) is 49.2 Å². The molecule has 3 aromatic rings. The minimum Gasteiger partial charge on any atom is -0.338 e. The second-order valence-electron chi connectivity index (χ2n) is 6.08. The number of tetrazole rings is 1. The zero-order valence-corrected chi connectivity index (χ0v) is 15.7. The molecule has 0 fully saturated rings. The summed E-state index contributed by atoms with van der Waals surface area (Å²) < 4.78 is 7.15. The van der Waals surface area contributed by atoms with Crippen molar-refractivity contribution in [1.29, 1.82) is 0 Å². The molecule has 0 radical (unpaired) electrons. The number of benzene rings is 1. The third-order valence-corrected chi connectivity index (χ3v) is 4.91. The fraction of sp³-hybridized carbons (Fsp3) is 0.471. The molecule has 0 aliphatic heterocycles. The van der Waals surface area contributed by atoms with Crippen LogP contribution in [0.25, 0.3) is 5.69 Å². The summed E-state index contributed by atoms with van der Waals surface area (Å²) in [6.45, 7) is 8.29. The maximum Gasteiger partial charge on any atom is 0.239 e. The van der Waals surface area contributed by atoms with Crippen LogP contribution in [0.2, 0.25) is 0 Å². The van der Waals surface area contributed by atoms with Crippen LogP contribution in [0.5, 0.6) is 0 Å². The number of aromatic nitrogens is 6. The molecule has 25 heavy (non-hydrogen) atoms. The van der Waals surface area contributed by atoms with Crippen LogP contribution in [0.4, 0.5) is 0 Å². The van der Waals surface area contributed by atoms with Crippen LogP contribution in [-0.2, 0) is 6.42 Å². The fourth-order valence-electron chi connectivity index (χ4n) is 2.52. The van der Waals surface area contributed by atoms with Gasteiger partial charge in [-0.1, -0.05) is 48.0 Å². The number of nitrogens with zero attached hydrogens (tertiary/aromatic N) is 6. The Morgan fingerprint density at radius 3 is 2.88 bits per heavy atom. The molecule has 0 aliphatic rings. The van der Waals surface area contributed by atoms with Gasteiger partial charge in [0.05, 0.1) is 10.9 Å². The van der Waals surface area contributed by atoms with Crippen LogP contribution in [-0.4, -0.2) is 30.3 Å². The van der Waals surface area contributed by atoms with Crippen molar-refractivity contribution in [2.75, 3.05) is 0 Å². The summed E-state index contributed by atoms with van der Waals surface area (Å²) >= 11 is 1.51. The summed E-state index contributed by atoms with van der Waals surface area (Å²) in [7, 11) is 0. The molecule has 0 N–H and O–H groups in total. The van der Waals surface area contributed by atoms with Crippen LogP contribution >= 0.6 is 11.8 Å². The van der Waals surface area contributed by atoms with Gasteiger partial charge in [0.15, 0.2) is 5.82 Å². The number of rotatable bonds is 7. The van der Waals surface area contributed by atoms with E-state index in [0.717, 1.165) is 36.3 Å². The van der Waals surface area contributed by atoms with Gasteiger partial charge < -0.3 is 4.52 Å². The largest absolute Gasteiger partial charge is 0.338 e. The Balaban J connectivity index is 1.77. The standard InChI is InChI=1S/C17H22N6OS/c1-5-6-7-15-18-16(24-20-15)13(4)25-17-19-21-22-23(17)14-9-8-11(2)10-12(14)3/h8-10,13H,5-7H2,1-4H3. The lowest BCUT2D eigenvalue weighted by Crippen LogP contribution is -2.03. The summed E-state index contributed by atoms with van der Waals surface area (Å²) in [5.74, 6) is 1.37. The lowest BCUT2D eigenvalue weighted by molar-refractivity contribution is 0.374. The van der Waals surface area contributed by atoms with E-state index in [1.54, 1.807) is 4.68 Å². The number of unbranched alkanes of at least 4 members (excludes halogenated alkanes) is 1. The van der Waals surface area contributed by atoms with Crippen molar-refractivity contribution in [3.05, 3.63) is 41.0 Å². The highest BCUT2D eigenvalue weighted by Crippen LogP contribution is 2.33. The molecule has 8 heteroatoms. The predicted molar refractivity (Wildman–Crippen MR) is 95.8 cm³/mol. The van der Waals surface area contributed by atoms with Gasteiger partial charge in [-0.15, -0.1) is 5.10 Å². The molecule has 0 aliphatic carbocycles. The topological polar surface area (TPSA) is 82.5 Å². The van der Waals surface area contributed by atoms with E-state index in [1.807, 2.05) is 13.0 Å². The lowest BCUT2D eigenvalue weighted by Gasteiger charge is -2.09. The van der Waals surface area contributed by atoms with Crippen LogP contribution < -0.4 is 0 Å². The summed E-state index contributed by atoms with van der Waals surface area (Å²) in [5.41, 5.74) is 3.31. The normalized spacial score (nSPS) is 12.5. The van der Waals surface area contributed by atoms with Gasteiger partial charge in [-0.2, -0.15) is 9.67 Å². The summed E-state index contributed by atoms with van der Waals surface area (Å²) in [6.07, 6.45) is 3.02. The highest BCUT2D eigenvalue weighted by Gasteiger charge is 2.20. The average Bonchev–Trinajstić information content (AvgIpc) is 3.22. The SMILES string of the molecule is CCCCc1noc(C(C)Sc2nnnn2-c2ccc(C)cc2C)n1. The van der Waals surface area contributed by atoms with E-state index in [-0.39, 0.29) is 5.25 Å². The zero-order chi connectivity index (χ0) is 17.8. The fourth-order valence-corrected chi connectivity index (χ4v) is 3.36. The van der Waals surface area contributed by atoms with Gasteiger partial charge >= 0.3 is 0 Å². The van der Waals surface area contributed by atoms with Crippen LogP contribution in [0, 0.1) is 13.8 Å². The van der Waals surface area contributed by atoms with E-state index in [4.69, 9.17) is 4.52 Å². The predicted octanol–water partition coefficient (Wildman–Crippen LogP) is 3.86. The molecular formula is C17H22N6OS. The Morgan fingerprint density at radius 1 is 1.28 bits per heavy atom. The van der Waals surface area contributed by atoms with E-state index < -0.39 is 0 Å². The Bertz CT molecular complexity index is 843. The Kier molecular flexibility index (Phi) is 5.47. The maximum absolute atomic E-state index is 5.40.